The third-order valence-corrected chi connectivity index (χ3v) is 5.58. The maximum atomic E-state index is 12.4. The molecule has 1 saturated heterocycles. The van der Waals surface area contributed by atoms with Gasteiger partial charge in [-0.05, 0) is 59.7 Å². The number of hydrogen-bond donors (Lipinski definition) is 3. The number of fused-ring (bicyclic) bond motifs is 1. The highest BCUT2D eigenvalue weighted by Gasteiger charge is 2.24. The van der Waals surface area contributed by atoms with Crippen molar-refractivity contribution in [3.8, 4) is 5.75 Å². The summed E-state index contributed by atoms with van der Waals surface area (Å²) in [7, 11) is 1.63. The molecule has 3 amide bonds. The number of carbonyl (C=O) groups excluding carboxylic acids is 3. The highest BCUT2D eigenvalue weighted by molar-refractivity contribution is 8.18. The Labute approximate surface area is 176 Å². The van der Waals surface area contributed by atoms with Crippen LogP contribution in [0.1, 0.15) is 21.5 Å². The summed E-state index contributed by atoms with van der Waals surface area (Å²) in [5.41, 5.74) is 3.39. The fraction of sp³-hybridized carbons (Fsp3) is 0.136. The van der Waals surface area contributed by atoms with Gasteiger partial charge in [-0.15, -0.1) is 0 Å². The Balaban J connectivity index is 1.35. The molecule has 1 aliphatic rings. The fourth-order valence-electron chi connectivity index (χ4n) is 3.22. The van der Waals surface area contributed by atoms with Gasteiger partial charge in [0.2, 0.25) is 0 Å². The van der Waals surface area contributed by atoms with E-state index in [0.717, 1.165) is 39.5 Å². The highest BCUT2D eigenvalue weighted by Crippen LogP contribution is 2.26. The summed E-state index contributed by atoms with van der Waals surface area (Å²) in [5.74, 6) is 0.225. The van der Waals surface area contributed by atoms with Gasteiger partial charge in [0.25, 0.3) is 17.1 Å². The molecule has 2 heterocycles. The van der Waals surface area contributed by atoms with Gasteiger partial charge in [-0.1, -0.05) is 12.1 Å². The van der Waals surface area contributed by atoms with Crippen molar-refractivity contribution in [3.63, 3.8) is 0 Å². The van der Waals surface area contributed by atoms with Crippen LogP contribution in [0.15, 0.2) is 53.6 Å². The molecule has 152 valence electrons. The molecule has 30 heavy (non-hydrogen) atoms. The minimum Gasteiger partial charge on any atom is -0.497 e. The zero-order chi connectivity index (χ0) is 21.1. The molecule has 0 atom stereocenters. The van der Waals surface area contributed by atoms with Crippen LogP contribution in [-0.2, 0) is 11.2 Å². The Kier molecular flexibility index (Phi) is 5.58. The van der Waals surface area contributed by atoms with E-state index in [2.05, 4.69) is 15.6 Å². The third kappa shape index (κ3) is 4.23. The predicted octanol–water partition coefficient (Wildman–Crippen LogP) is 3.47. The Bertz CT molecular complexity index is 1160. The number of aromatic nitrogens is 1. The topological polar surface area (TPSA) is 100 Å². The van der Waals surface area contributed by atoms with Gasteiger partial charge < -0.3 is 15.0 Å². The van der Waals surface area contributed by atoms with Crippen LogP contribution in [0.3, 0.4) is 0 Å². The lowest BCUT2D eigenvalue weighted by Crippen LogP contribution is -2.25. The Morgan fingerprint density at radius 2 is 1.97 bits per heavy atom. The van der Waals surface area contributed by atoms with Crippen LogP contribution in [0.25, 0.3) is 17.0 Å². The number of nitrogens with one attached hydrogen (secondary N) is 3. The minimum atomic E-state index is -0.400. The number of carbonyl (C=O) groups is 3. The summed E-state index contributed by atoms with van der Waals surface area (Å²) in [6.45, 7) is 0.503. The fourth-order valence-corrected chi connectivity index (χ4v) is 3.90. The number of thioether (sulfide) groups is 1. The number of imide groups is 1. The van der Waals surface area contributed by atoms with Crippen molar-refractivity contribution < 1.29 is 19.1 Å². The predicted molar refractivity (Wildman–Crippen MR) is 116 cm³/mol. The number of hydrogen-bond acceptors (Lipinski definition) is 5. The maximum Gasteiger partial charge on any atom is 0.290 e. The van der Waals surface area contributed by atoms with Gasteiger partial charge in [0, 0.05) is 35.3 Å². The smallest absolute Gasteiger partial charge is 0.290 e. The van der Waals surface area contributed by atoms with Crippen LogP contribution < -0.4 is 15.4 Å². The lowest BCUT2D eigenvalue weighted by molar-refractivity contribution is -0.115. The van der Waals surface area contributed by atoms with Crippen molar-refractivity contribution in [2.24, 2.45) is 0 Å². The van der Waals surface area contributed by atoms with Gasteiger partial charge in [0.15, 0.2) is 0 Å². The van der Waals surface area contributed by atoms with Crippen molar-refractivity contribution in [1.29, 1.82) is 0 Å². The first kappa shape index (κ1) is 19.8. The van der Waals surface area contributed by atoms with Crippen molar-refractivity contribution in [2.75, 3.05) is 13.7 Å². The molecule has 1 fully saturated rings. The van der Waals surface area contributed by atoms with Gasteiger partial charge in [-0.2, -0.15) is 0 Å². The summed E-state index contributed by atoms with van der Waals surface area (Å²) >= 11 is 0.864. The standard InChI is InChI=1S/C22H19N3O4S/c1-29-16-6-7-17-15(12-24-18(17)11-16)8-9-23-20(26)14-4-2-13(3-5-14)10-19-21(27)25-22(28)30-19/h2-7,10-12,24H,8-9H2,1H3,(H,23,26)(H,25,27,28). The molecule has 3 N–H and O–H groups in total. The average molecular weight is 421 g/mol. The van der Waals surface area contributed by atoms with Crippen LogP contribution in [0.5, 0.6) is 5.75 Å². The number of benzene rings is 2. The van der Waals surface area contributed by atoms with E-state index >= 15 is 0 Å². The number of rotatable bonds is 6. The van der Waals surface area contributed by atoms with Crippen molar-refractivity contribution in [1.82, 2.24) is 15.6 Å². The van der Waals surface area contributed by atoms with Crippen molar-refractivity contribution in [3.05, 3.63) is 70.3 Å². The van der Waals surface area contributed by atoms with E-state index in [1.165, 1.54) is 0 Å². The average Bonchev–Trinajstić information content (AvgIpc) is 3.30. The first-order valence-corrected chi connectivity index (χ1v) is 10.1. The van der Waals surface area contributed by atoms with Crippen LogP contribution in [-0.4, -0.2) is 35.7 Å². The zero-order valence-electron chi connectivity index (χ0n) is 16.2. The van der Waals surface area contributed by atoms with Gasteiger partial charge in [0.05, 0.1) is 12.0 Å². The van der Waals surface area contributed by atoms with Gasteiger partial charge in [0.1, 0.15) is 5.75 Å². The molecule has 0 spiro atoms. The molecule has 3 aromatic rings. The normalized spacial score (nSPS) is 14.9. The van der Waals surface area contributed by atoms with Gasteiger partial charge >= 0.3 is 0 Å². The second-order valence-corrected chi connectivity index (χ2v) is 7.72. The van der Waals surface area contributed by atoms with Crippen LogP contribution in [0.2, 0.25) is 0 Å². The molecule has 7 nitrogen and oxygen atoms in total. The Morgan fingerprint density at radius 1 is 1.17 bits per heavy atom. The van der Waals surface area contributed by atoms with Crippen LogP contribution in [0.4, 0.5) is 4.79 Å². The molecule has 0 saturated carbocycles. The Hall–Kier alpha value is -3.52. The van der Waals surface area contributed by atoms with E-state index < -0.39 is 5.91 Å². The molecule has 0 aliphatic carbocycles. The second-order valence-electron chi connectivity index (χ2n) is 6.71. The summed E-state index contributed by atoms with van der Waals surface area (Å²) in [6, 6.07) is 12.7. The van der Waals surface area contributed by atoms with Gasteiger partial charge in [-0.3, -0.25) is 19.7 Å². The van der Waals surface area contributed by atoms with Crippen molar-refractivity contribution in [2.45, 2.75) is 6.42 Å². The van der Waals surface area contributed by atoms with E-state index in [1.807, 2.05) is 24.4 Å². The molecule has 1 aliphatic heterocycles. The SMILES string of the molecule is COc1ccc2c(CCNC(=O)c3ccc(C=C4SC(=O)NC4=O)cc3)c[nH]c2c1. The second kappa shape index (κ2) is 8.46. The number of ether oxygens (including phenoxy) is 1. The summed E-state index contributed by atoms with van der Waals surface area (Å²) in [4.78, 5) is 38.8. The highest BCUT2D eigenvalue weighted by atomic mass is 32.2. The number of aromatic amines is 1. The largest absolute Gasteiger partial charge is 0.497 e. The summed E-state index contributed by atoms with van der Waals surface area (Å²) in [5, 5.41) is 5.86. The maximum absolute atomic E-state index is 12.4. The molecule has 0 unspecified atom stereocenters. The molecular formula is C22H19N3O4S. The first-order chi connectivity index (χ1) is 14.5. The van der Waals surface area contributed by atoms with Crippen LogP contribution >= 0.6 is 11.8 Å². The van der Waals surface area contributed by atoms with Crippen molar-refractivity contribution >= 4 is 45.8 Å². The quantitative estimate of drug-likeness (QED) is 0.529. The summed E-state index contributed by atoms with van der Waals surface area (Å²) in [6.07, 6.45) is 4.27. The molecule has 0 radical (unpaired) electrons. The molecule has 8 heteroatoms. The summed E-state index contributed by atoms with van der Waals surface area (Å²) < 4.78 is 5.23. The molecule has 4 rings (SSSR count). The first-order valence-electron chi connectivity index (χ1n) is 9.30. The van der Waals surface area contributed by atoms with E-state index in [0.29, 0.717) is 23.4 Å². The zero-order valence-corrected chi connectivity index (χ0v) is 17.0. The molecule has 2 aromatic carbocycles. The molecule has 0 bridgehead atoms. The monoisotopic (exact) mass is 421 g/mol. The minimum absolute atomic E-state index is 0.168. The lowest BCUT2D eigenvalue weighted by Gasteiger charge is -2.06. The van der Waals surface area contributed by atoms with E-state index in [1.54, 1.807) is 37.5 Å². The lowest BCUT2D eigenvalue weighted by atomic mass is 10.1. The molecular weight excluding hydrogens is 402 g/mol. The number of amides is 3. The number of H-pyrrole nitrogens is 1. The van der Waals surface area contributed by atoms with Crippen LogP contribution in [0, 0.1) is 0 Å². The number of methoxy groups -OCH3 is 1. The van der Waals surface area contributed by atoms with E-state index in [4.69, 9.17) is 4.74 Å². The third-order valence-electron chi connectivity index (χ3n) is 4.77. The molecule has 1 aromatic heterocycles. The van der Waals surface area contributed by atoms with Gasteiger partial charge in [-0.25, -0.2) is 0 Å². The van der Waals surface area contributed by atoms with E-state index in [9.17, 15) is 14.4 Å². The van der Waals surface area contributed by atoms with E-state index in [-0.39, 0.29) is 11.1 Å². The Morgan fingerprint density at radius 3 is 2.67 bits per heavy atom.